The van der Waals surface area contributed by atoms with Gasteiger partial charge in [0.25, 0.3) is 5.91 Å². The lowest BCUT2D eigenvalue weighted by molar-refractivity contribution is -0.144. The van der Waals surface area contributed by atoms with Crippen LogP contribution in [-0.2, 0) is 17.9 Å². The maximum atomic E-state index is 12.2. The number of nitrogens with one attached hydrogen (secondary N) is 2. The third-order valence-corrected chi connectivity index (χ3v) is 4.15. The van der Waals surface area contributed by atoms with E-state index in [1.54, 1.807) is 30.5 Å². The summed E-state index contributed by atoms with van der Waals surface area (Å²) >= 11 is 0. The zero-order valence-electron chi connectivity index (χ0n) is 16.4. The number of amides is 2. The predicted octanol–water partition coefficient (Wildman–Crippen LogP) is 2.02. The largest absolute Gasteiger partial charge is 0.481 e. The first kappa shape index (κ1) is 22.0. The van der Waals surface area contributed by atoms with Crippen molar-refractivity contribution in [2.75, 3.05) is 7.11 Å². The second-order valence-electron chi connectivity index (χ2n) is 6.54. The quantitative estimate of drug-likeness (QED) is 0.559. The molecule has 0 aliphatic rings. The molecule has 3 aromatic heterocycles. The zero-order chi connectivity index (χ0) is 22.4. The molecule has 12 heteroatoms. The van der Waals surface area contributed by atoms with Crippen molar-refractivity contribution < 1.29 is 27.5 Å². The zero-order valence-corrected chi connectivity index (χ0v) is 16.4. The molecule has 0 aliphatic carbocycles. The molecular formula is C19H19F3N6O3. The third kappa shape index (κ3) is 6.39. The minimum atomic E-state index is -4.37. The van der Waals surface area contributed by atoms with Crippen LogP contribution in [0, 0.1) is 0 Å². The number of carbonyl (C=O) groups excluding carboxylic acids is 2. The van der Waals surface area contributed by atoms with Crippen LogP contribution < -0.4 is 15.4 Å². The molecule has 2 amide bonds. The summed E-state index contributed by atoms with van der Waals surface area (Å²) in [4.78, 5) is 32.2. The first-order chi connectivity index (χ1) is 14.7. The van der Waals surface area contributed by atoms with Gasteiger partial charge in [0.1, 0.15) is 5.69 Å². The standard InChI is InChI=1S/C19H19F3N6O3/c1-31-17-4-2-3-14(27-17)18(30)24-10-13-11-28-15(26-13)7-12(9-25-28)8-23-16(29)5-6-19(20,21)22/h2-4,7,9,11H,5-6,8,10H2,1H3,(H,23,29)(H,24,30). The number of pyridine rings is 1. The Balaban J connectivity index is 1.56. The number of carbonyl (C=O) groups is 2. The molecule has 3 aromatic rings. The Bertz CT molecular complexity index is 1080. The van der Waals surface area contributed by atoms with Crippen molar-refractivity contribution in [1.29, 1.82) is 0 Å². The van der Waals surface area contributed by atoms with E-state index in [9.17, 15) is 22.8 Å². The molecule has 0 fully saturated rings. The van der Waals surface area contributed by atoms with E-state index in [1.165, 1.54) is 17.8 Å². The summed E-state index contributed by atoms with van der Waals surface area (Å²) in [5.74, 6) is -0.774. The van der Waals surface area contributed by atoms with Gasteiger partial charge in [-0.3, -0.25) is 9.59 Å². The monoisotopic (exact) mass is 436 g/mol. The highest BCUT2D eigenvalue weighted by Crippen LogP contribution is 2.21. The van der Waals surface area contributed by atoms with E-state index in [1.807, 2.05) is 0 Å². The Labute approximate surface area is 174 Å². The molecule has 0 atom stereocenters. The maximum Gasteiger partial charge on any atom is 0.389 e. The topological polar surface area (TPSA) is 111 Å². The van der Waals surface area contributed by atoms with Crippen molar-refractivity contribution in [2.24, 2.45) is 0 Å². The first-order valence-corrected chi connectivity index (χ1v) is 9.19. The van der Waals surface area contributed by atoms with Gasteiger partial charge < -0.3 is 15.4 Å². The van der Waals surface area contributed by atoms with Crippen LogP contribution in [0.15, 0.2) is 36.7 Å². The normalized spacial score (nSPS) is 11.4. The van der Waals surface area contributed by atoms with Crippen LogP contribution in [0.25, 0.3) is 5.65 Å². The average molecular weight is 436 g/mol. The fourth-order valence-electron chi connectivity index (χ4n) is 2.61. The van der Waals surface area contributed by atoms with Crippen LogP contribution in [-0.4, -0.2) is 44.7 Å². The van der Waals surface area contributed by atoms with Crippen molar-refractivity contribution in [1.82, 2.24) is 30.2 Å². The van der Waals surface area contributed by atoms with Crippen LogP contribution in [0.2, 0.25) is 0 Å². The Hall–Kier alpha value is -3.70. The van der Waals surface area contributed by atoms with Gasteiger partial charge in [-0.05, 0) is 17.7 Å². The van der Waals surface area contributed by atoms with Crippen LogP contribution in [0.3, 0.4) is 0 Å². The minimum absolute atomic E-state index is 0.0284. The van der Waals surface area contributed by atoms with Crippen LogP contribution in [0.4, 0.5) is 13.2 Å². The molecule has 164 valence electrons. The van der Waals surface area contributed by atoms with Crippen molar-refractivity contribution in [3.05, 3.63) is 53.6 Å². The fraction of sp³-hybridized carbons (Fsp3) is 0.316. The predicted molar refractivity (Wildman–Crippen MR) is 102 cm³/mol. The maximum absolute atomic E-state index is 12.2. The average Bonchev–Trinajstić information content (AvgIpc) is 3.16. The molecule has 0 saturated carbocycles. The number of nitrogens with zero attached hydrogens (tertiary/aromatic N) is 4. The van der Waals surface area contributed by atoms with Gasteiger partial charge in [-0.1, -0.05) is 6.07 Å². The van der Waals surface area contributed by atoms with Gasteiger partial charge in [0, 0.05) is 19.0 Å². The number of aromatic nitrogens is 4. The van der Waals surface area contributed by atoms with E-state index in [4.69, 9.17) is 4.74 Å². The fourth-order valence-corrected chi connectivity index (χ4v) is 2.61. The lowest BCUT2D eigenvalue weighted by Gasteiger charge is -2.07. The Morgan fingerprint density at radius 1 is 1.16 bits per heavy atom. The van der Waals surface area contributed by atoms with E-state index in [2.05, 4.69) is 25.7 Å². The molecular weight excluding hydrogens is 417 g/mol. The van der Waals surface area contributed by atoms with Gasteiger partial charge >= 0.3 is 6.18 Å². The number of fused-ring (bicyclic) bond motifs is 1. The van der Waals surface area contributed by atoms with E-state index in [0.717, 1.165) is 0 Å². The molecule has 0 bridgehead atoms. The lowest BCUT2D eigenvalue weighted by Crippen LogP contribution is -2.24. The van der Waals surface area contributed by atoms with E-state index < -0.39 is 30.8 Å². The van der Waals surface area contributed by atoms with Crippen LogP contribution in [0.5, 0.6) is 5.88 Å². The third-order valence-electron chi connectivity index (χ3n) is 4.15. The second-order valence-corrected chi connectivity index (χ2v) is 6.54. The summed E-state index contributed by atoms with van der Waals surface area (Å²) in [6.07, 6.45) is -3.07. The second kappa shape index (κ2) is 9.41. The lowest BCUT2D eigenvalue weighted by atomic mass is 10.2. The molecule has 0 aliphatic heterocycles. The van der Waals surface area contributed by atoms with Gasteiger partial charge in [0.15, 0.2) is 5.65 Å². The summed E-state index contributed by atoms with van der Waals surface area (Å²) in [5.41, 5.74) is 1.78. The summed E-state index contributed by atoms with van der Waals surface area (Å²) in [6, 6.07) is 6.48. The highest BCUT2D eigenvalue weighted by Gasteiger charge is 2.27. The molecule has 2 N–H and O–H groups in total. The highest BCUT2D eigenvalue weighted by atomic mass is 19.4. The van der Waals surface area contributed by atoms with Gasteiger partial charge in [0.05, 0.1) is 38.2 Å². The van der Waals surface area contributed by atoms with E-state index in [-0.39, 0.29) is 18.8 Å². The van der Waals surface area contributed by atoms with Gasteiger partial charge in [-0.15, -0.1) is 0 Å². The van der Waals surface area contributed by atoms with Crippen LogP contribution >= 0.6 is 0 Å². The molecule has 0 saturated heterocycles. The Kier molecular flexibility index (Phi) is 6.68. The molecule has 3 rings (SSSR count). The number of rotatable bonds is 8. The molecule has 0 radical (unpaired) electrons. The number of halogens is 3. The van der Waals surface area contributed by atoms with Crippen molar-refractivity contribution in [2.45, 2.75) is 32.1 Å². The van der Waals surface area contributed by atoms with Crippen molar-refractivity contribution >= 4 is 17.5 Å². The molecule has 3 heterocycles. The van der Waals surface area contributed by atoms with Crippen molar-refractivity contribution in [3.63, 3.8) is 0 Å². The van der Waals surface area contributed by atoms with Gasteiger partial charge in [0.2, 0.25) is 11.8 Å². The summed E-state index contributed by atoms with van der Waals surface area (Å²) < 4.78 is 43.0. The number of hydrogen-bond donors (Lipinski definition) is 2. The highest BCUT2D eigenvalue weighted by molar-refractivity contribution is 5.92. The SMILES string of the molecule is COc1cccc(C(=O)NCc2cn3ncc(CNC(=O)CCC(F)(F)F)cc3n2)n1. The molecule has 0 aromatic carbocycles. The summed E-state index contributed by atoms with van der Waals surface area (Å²) in [7, 11) is 1.45. The Morgan fingerprint density at radius 3 is 2.71 bits per heavy atom. The van der Waals surface area contributed by atoms with E-state index >= 15 is 0 Å². The molecule has 0 spiro atoms. The molecule has 31 heavy (non-hydrogen) atoms. The number of imidazole rings is 1. The smallest absolute Gasteiger partial charge is 0.389 e. The van der Waals surface area contributed by atoms with Gasteiger partial charge in [-0.2, -0.15) is 18.3 Å². The number of ether oxygens (including phenoxy) is 1. The number of alkyl halides is 3. The first-order valence-electron chi connectivity index (χ1n) is 9.19. The number of methoxy groups -OCH3 is 1. The summed E-state index contributed by atoms with van der Waals surface area (Å²) in [6.45, 7) is 0.158. The minimum Gasteiger partial charge on any atom is -0.481 e. The Morgan fingerprint density at radius 2 is 1.97 bits per heavy atom. The van der Waals surface area contributed by atoms with Crippen molar-refractivity contribution in [3.8, 4) is 5.88 Å². The molecule has 0 unspecified atom stereocenters. The summed E-state index contributed by atoms with van der Waals surface area (Å²) in [5, 5.41) is 9.27. The number of hydrogen-bond acceptors (Lipinski definition) is 6. The molecule has 9 nitrogen and oxygen atoms in total. The van der Waals surface area contributed by atoms with E-state index in [0.29, 0.717) is 22.8 Å². The van der Waals surface area contributed by atoms with Crippen LogP contribution in [0.1, 0.15) is 34.6 Å². The van der Waals surface area contributed by atoms with Gasteiger partial charge in [-0.25, -0.2) is 14.5 Å².